The summed E-state index contributed by atoms with van der Waals surface area (Å²) < 4.78 is 0. The van der Waals surface area contributed by atoms with E-state index in [4.69, 9.17) is 0 Å². The van der Waals surface area contributed by atoms with E-state index in [1.54, 1.807) is 22.9 Å². The molecular formula is C20H30N2O4S2. The molecule has 0 fully saturated rings. The van der Waals surface area contributed by atoms with E-state index in [1.807, 2.05) is 0 Å². The zero-order valence-electron chi connectivity index (χ0n) is 17.4. The molecule has 2 aromatic rings. The van der Waals surface area contributed by atoms with E-state index in [0.717, 1.165) is 22.6 Å². The molecule has 0 aliphatic carbocycles. The molecule has 0 N–H and O–H groups in total. The molecule has 8 heteroatoms. The summed E-state index contributed by atoms with van der Waals surface area (Å²) in [5, 5.41) is 25.0. The summed E-state index contributed by atoms with van der Waals surface area (Å²) in [6, 6.07) is 3.19. The Morgan fingerprint density at radius 2 is 1.07 bits per heavy atom. The summed E-state index contributed by atoms with van der Waals surface area (Å²) >= 11 is 2.97. The monoisotopic (exact) mass is 426 g/mol. The van der Waals surface area contributed by atoms with Crippen LogP contribution in [0.1, 0.15) is 76.0 Å². The van der Waals surface area contributed by atoms with Crippen LogP contribution in [-0.4, -0.2) is 9.85 Å². The lowest BCUT2D eigenvalue weighted by atomic mass is 9.97. The minimum Gasteiger partial charge on any atom is -0.258 e. The van der Waals surface area contributed by atoms with Crippen LogP contribution in [0.4, 0.5) is 11.4 Å². The topological polar surface area (TPSA) is 86.3 Å². The fourth-order valence-electron chi connectivity index (χ4n) is 3.30. The van der Waals surface area contributed by atoms with E-state index in [1.165, 1.54) is 22.7 Å². The molecule has 0 radical (unpaired) electrons. The largest absolute Gasteiger partial charge is 0.283 e. The molecule has 2 aromatic heterocycles. The molecule has 0 amide bonds. The van der Waals surface area contributed by atoms with Gasteiger partial charge in [-0.3, -0.25) is 20.2 Å². The first kappa shape index (κ1) is 24.2. The maximum absolute atomic E-state index is 10.7. The third-order valence-corrected chi connectivity index (χ3v) is 6.56. The van der Waals surface area contributed by atoms with Gasteiger partial charge in [0, 0.05) is 12.1 Å². The smallest absolute Gasteiger partial charge is 0.258 e. The Balaban J connectivity index is 0.000000280. The van der Waals surface area contributed by atoms with Gasteiger partial charge in [0.2, 0.25) is 0 Å². The van der Waals surface area contributed by atoms with Crippen LogP contribution >= 0.6 is 22.7 Å². The average Bonchev–Trinajstić information content (AvgIpc) is 3.23. The van der Waals surface area contributed by atoms with E-state index in [-0.39, 0.29) is 33.1 Å². The van der Waals surface area contributed by atoms with Gasteiger partial charge < -0.3 is 0 Å². The van der Waals surface area contributed by atoms with Gasteiger partial charge in [0.15, 0.2) is 0 Å². The van der Waals surface area contributed by atoms with Gasteiger partial charge in [0.1, 0.15) is 0 Å². The molecule has 2 rings (SSSR count). The van der Waals surface area contributed by atoms with Gasteiger partial charge in [-0.1, -0.05) is 41.5 Å². The van der Waals surface area contributed by atoms with Crippen LogP contribution in [-0.2, 0) is 0 Å². The zero-order chi connectivity index (χ0) is 21.4. The standard InChI is InChI=1S/2C10H15NO2S/c2*1-7(2)6-8(3)10-9(11(12)13)4-5-14-10/h2*4-5,7-8H,6H2,1-3H3. The zero-order valence-corrected chi connectivity index (χ0v) is 19.0. The predicted octanol–water partition coefficient (Wildman–Crippen LogP) is 7.61. The average molecular weight is 427 g/mol. The van der Waals surface area contributed by atoms with Crippen LogP contribution in [0.5, 0.6) is 0 Å². The number of hydrogen-bond acceptors (Lipinski definition) is 6. The van der Waals surface area contributed by atoms with E-state index in [9.17, 15) is 20.2 Å². The van der Waals surface area contributed by atoms with Gasteiger partial charge in [-0.15, -0.1) is 22.7 Å². The first-order valence-electron chi connectivity index (χ1n) is 9.48. The molecule has 2 atom stereocenters. The van der Waals surface area contributed by atoms with Gasteiger partial charge in [0.25, 0.3) is 11.4 Å². The second kappa shape index (κ2) is 11.3. The van der Waals surface area contributed by atoms with Gasteiger partial charge in [0.05, 0.1) is 19.6 Å². The molecule has 0 aliphatic heterocycles. The van der Waals surface area contributed by atoms with Crippen molar-refractivity contribution in [1.29, 1.82) is 0 Å². The molecule has 0 bridgehead atoms. The summed E-state index contributed by atoms with van der Waals surface area (Å²) in [6.07, 6.45) is 2.00. The Hall–Kier alpha value is -1.80. The predicted molar refractivity (Wildman–Crippen MR) is 118 cm³/mol. The van der Waals surface area contributed by atoms with Crippen LogP contribution in [0.25, 0.3) is 0 Å². The van der Waals surface area contributed by atoms with Gasteiger partial charge >= 0.3 is 0 Å². The highest BCUT2D eigenvalue weighted by Crippen LogP contribution is 2.36. The first-order valence-corrected chi connectivity index (χ1v) is 11.2. The van der Waals surface area contributed by atoms with Crippen molar-refractivity contribution in [2.75, 3.05) is 0 Å². The second-order valence-corrected chi connectivity index (χ2v) is 9.81. The summed E-state index contributed by atoms with van der Waals surface area (Å²) in [7, 11) is 0. The van der Waals surface area contributed by atoms with Crippen molar-refractivity contribution in [2.45, 2.75) is 66.2 Å². The number of hydrogen-bond donors (Lipinski definition) is 0. The number of nitrogens with zero attached hydrogens (tertiary/aromatic N) is 2. The van der Waals surface area contributed by atoms with Crippen molar-refractivity contribution in [3.8, 4) is 0 Å². The van der Waals surface area contributed by atoms with Crippen molar-refractivity contribution >= 4 is 34.0 Å². The highest BCUT2D eigenvalue weighted by atomic mass is 32.1. The minimum absolute atomic E-state index is 0.281. The molecule has 156 valence electrons. The SMILES string of the molecule is CC(C)CC(C)c1sccc1[N+](=O)[O-].CC(C)CC(C)c1sccc1[N+](=O)[O-]. The van der Waals surface area contributed by atoms with E-state index in [0.29, 0.717) is 11.8 Å². The molecule has 28 heavy (non-hydrogen) atoms. The van der Waals surface area contributed by atoms with E-state index in [2.05, 4.69) is 41.5 Å². The van der Waals surface area contributed by atoms with Crippen LogP contribution in [0, 0.1) is 32.1 Å². The normalized spacial score (nSPS) is 13.1. The molecule has 0 saturated carbocycles. The third kappa shape index (κ3) is 7.31. The lowest BCUT2D eigenvalue weighted by Crippen LogP contribution is -1.99. The molecule has 2 heterocycles. The fraction of sp³-hybridized carbons (Fsp3) is 0.600. The Kier molecular flexibility index (Phi) is 9.75. The molecule has 0 saturated heterocycles. The third-order valence-electron chi connectivity index (χ3n) is 4.29. The van der Waals surface area contributed by atoms with Gasteiger partial charge in [-0.25, -0.2) is 0 Å². The van der Waals surface area contributed by atoms with Crippen molar-refractivity contribution in [2.24, 2.45) is 11.8 Å². The van der Waals surface area contributed by atoms with Crippen LogP contribution in [0.15, 0.2) is 22.9 Å². The molecule has 0 aliphatic rings. The summed E-state index contributed by atoms with van der Waals surface area (Å²) in [5.41, 5.74) is 0.561. The van der Waals surface area contributed by atoms with Crippen molar-refractivity contribution in [1.82, 2.24) is 0 Å². The maximum Gasteiger partial charge on any atom is 0.283 e. The van der Waals surface area contributed by atoms with Crippen molar-refractivity contribution in [3.63, 3.8) is 0 Å². The molecular weight excluding hydrogens is 396 g/mol. The molecule has 0 spiro atoms. The van der Waals surface area contributed by atoms with Crippen LogP contribution < -0.4 is 0 Å². The fourth-order valence-corrected chi connectivity index (χ4v) is 5.17. The summed E-state index contributed by atoms with van der Waals surface area (Å²) in [6.45, 7) is 12.6. The number of rotatable bonds is 8. The molecule has 6 nitrogen and oxygen atoms in total. The Morgan fingerprint density at radius 1 is 0.750 bits per heavy atom. The molecule has 0 aromatic carbocycles. The van der Waals surface area contributed by atoms with Gasteiger partial charge in [-0.05, 0) is 47.3 Å². The quantitative estimate of drug-likeness (QED) is 0.321. The maximum atomic E-state index is 10.7. The number of nitro groups is 2. The van der Waals surface area contributed by atoms with Crippen LogP contribution in [0.3, 0.4) is 0 Å². The molecule has 2 unspecified atom stereocenters. The van der Waals surface area contributed by atoms with Crippen molar-refractivity contribution < 1.29 is 9.85 Å². The van der Waals surface area contributed by atoms with Crippen LogP contribution in [0.2, 0.25) is 0 Å². The Bertz CT molecular complexity index is 704. The lowest BCUT2D eigenvalue weighted by molar-refractivity contribution is -0.385. The van der Waals surface area contributed by atoms with Gasteiger partial charge in [-0.2, -0.15) is 0 Å². The van der Waals surface area contributed by atoms with Crippen molar-refractivity contribution in [3.05, 3.63) is 52.9 Å². The summed E-state index contributed by atoms with van der Waals surface area (Å²) in [4.78, 5) is 22.6. The highest BCUT2D eigenvalue weighted by Gasteiger charge is 2.21. The van der Waals surface area contributed by atoms with E-state index >= 15 is 0 Å². The summed E-state index contributed by atoms with van der Waals surface area (Å²) in [5.74, 6) is 1.73. The highest BCUT2D eigenvalue weighted by molar-refractivity contribution is 7.10. The Morgan fingerprint density at radius 3 is 1.32 bits per heavy atom. The van der Waals surface area contributed by atoms with E-state index < -0.39 is 0 Å². The number of thiophene rings is 2. The minimum atomic E-state index is -0.289. The lowest BCUT2D eigenvalue weighted by Gasteiger charge is -2.11. The second-order valence-electron chi connectivity index (χ2n) is 7.92. The first-order chi connectivity index (χ1) is 13.0. The Labute approximate surface area is 174 Å².